The molecule has 8 heteroatoms. The molecule has 3 aromatic rings. The van der Waals surface area contributed by atoms with Crippen LogP contribution in [0.5, 0.6) is 11.5 Å². The van der Waals surface area contributed by atoms with Crippen LogP contribution in [0.15, 0.2) is 36.4 Å². The van der Waals surface area contributed by atoms with E-state index in [1.165, 1.54) is 0 Å². The molecule has 0 fully saturated rings. The number of halogens is 2. The highest BCUT2D eigenvalue weighted by atomic mass is 35.5. The lowest BCUT2D eigenvalue weighted by atomic mass is 10.0. The first kappa shape index (κ1) is 33.8. The van der Waals surface area contributed by atoms with Crippen molar-refractivity contribution in [2.75, 3.05) is 26.4 Å². The van der Waals surface area contributed by atoms with Gasteiger partial charge in [-0.3, -0.25) is 0 Å². The Morgan fingerprint density at radius 1 is 0.643 bits per heavy atom. The van der Waals surface area contributed by atoms with Crippen molar-refractivity contribution >= 4 is 56.7 Å². The van der Waals surface area contributed by atoms with Crippen molar-refractivity contribution < 1.29 is 28.5 Å². The van der Waals surface area contributed by atoms with Crippen LogP contribution < -0.4 is 9.47 Å². The van der Waals surface area contributed by atoms with Gasteiger partial charge in [-0.2, -0.15) is 0 Å². The highest BCUT2D eigenvalue weighted by Crippen LogP contribution is 2.44. The van der Waals surface area contributed by atoms with E-state index in [9.17, 15) is 9.59 Å². The Bertz CT molecular complexity index is 1260. The molecule has 0 saturated heterocycles. The van der Waals surface area contributed by atoms with Crippen molar-refractivity contribution in [2.24, 2.45) is 11.8 Å². The molecule has 0 bridgehead atoms. The molecular formula is C34H44Cl2O6. The SMILES string of the molecule is CCCCC(CC)COC(=O)COc1c2ccc(Cl)cc2c(OCC(=O)OCC(CC)CCCC)c2cc(Cl)ccc12. The summed E-state index contributed by atoms with van der Waals surface area (Å²) in [5.41, 5.74) is 0. The van der Waals surface area contributed by atoms with Crippen LogP contribution in [0.3, 0.4) is 0 Å². The Morgan fingerprint density at radius 2 is 1.05 bits per heavy atom. The van der Waals surface area contributed by atoms with Crippen molar-refractivity contribution in [3.05, 3.63) is 46.4 Å². The molecule has 230 valence electrons. The normalized spacial score (nSPS) is 12.7. The fraction of sp³-hybridized carbons (Fsp3) is 0.529. The van der Waals surface area contributed by atoms with Crippen molar-refractivity contribution in [2.45, 2.75) is 79.1 Å². The maximum Gasteiger partial charge on any atom is 0.344 e. The summed E-state index contributed by atoms with van der Waals surface area (Å²) in [5.74, 6) is 0.730. The third-order valence-corrected chi connectivity index (χ3v) is 8.13. The summed E-state index contributed by atoms with van der Waals surface area (Å²) in [5, 5.41) is 3.61. The van der Waals surface area contributed by atoms with E-state index in [2.05, 4.69) is 27.7 Å². The minimum atomic E-state index is -0.442. The largest absolute Gasteiger partial charge is 0.481 e. The molecule has 0 radical (unpaired) electrons. The number of esters is 2. The summed E-state index contributed by atoms with van der Waals surface area (Å²) in [4.78, 5) is 25.3. The van der Waals surface area contributed by atoms with Crippen LogP contribution in [0.2, 0.25) is 10.0 Å². The molecule has 2 atom stereocenters. The first-order chi connectivity index (χ1) is 20.3. The summed E-state index contributed by atoms with van der Waals surface area (Å²) >= 11 is 12.8. The molecule has 3 rings (SSSR count). The third-order valence-electron chi connectivity index (χ3n) is 7.66. The van der Waals surface area contributed by atoms with Gasteiger partial charge in [0.25, 0.3) is 0 Å². The van der Waals surface area contributed by atoms with E-state index in [1.54, 1.807) is 24.3 Å². The molecule has 3 aromatic carbocycles. The molecule has 0 amide bonds. The van der Waals surface area contributed by atoms with E-state index in [0.717, 1.165) is 51.4 Å². The summed E-state index contributed by atoms with van der Waals surface area (Å²) < 4.78 is 23.3. The highest BCUT2D eigenvalue weighted by molar-refractivity contribution is 6.33. The van der Waals surface area contributed by atoms with Gasteiger partial charge in [0.05, 0.1) is 13.2 Å². The molecule has 0 heterocycles. The zero-order chi connectivity index (χ0) is 30.5. The zero-order valence-electron chi connectivity index (χ0n) is 25.3. The van der Waals surface area contributed by atoms with Crippen LogP contribution in [0.1, 0.15) is 79.1 Å². The van der Waals surface area contributed by atoms with Gasteiger partial charge in [0.2, 0.25) is 0 Å². The highest BCUT2D eigenvalue weighted by Gasteiger charge is 2.20. The fourth-order valence-corrected chi connectivity index (χ4v) is 5.31. The number of carbonyl (C=O) groups excluding carboxylic acids is 2. The number of rotatable bonds is 18. The average molecular weight is 620 g/mol. The van der Waals surface area contributed by atoms with Crippen molar-refractivity contribution in [3.8, 4) is 11.5 Å². The third kappa shape index (κ3) is 9.67. The van der Waals surface area contributed by atoms with Crippen LogP contribution in [-0.2, 0) is 19.1 Å². The quantitative estimate of drug-likeness (QED) is 0.104. The van der Waals surface area contributed by atoms with E-state index in [1.807, 2.05) is 12.1 Å². The van der Waals surface area contributed by atoms with E-state index >= 15 is 0 Å². The average Bonchev–Trinajstić information content (AvgIpc) is 2.99. The number of hydrogen-bond donors (Lipinski definition) is 0. The Labute approximate surface area is 259 Å². The van der Waals surface area contributed by atoms with Crippen LogP contribution in [0.4, 0.5) is 0 Å². The van der Waals surface area contributed by atoms with Gasteiger partial charge in [-0.1, -0.05) is 89.4 Å². The minimum Gasteiger partial charge on any atom is -0.481 e. The van der Waals surface area contributed by atoms with Crippen LogP contribution in [0.25, 0.3) is 21.5 Å². The minimum absolute atomic E-state index is 0.247. The number of carbonyl (C=O) groups is 2. The Hall–Kier alpha value is -2.70. The van der Waals surface area contributed by atoms with E-state index < -0.39 is 11.9 Å². The van der Waals surface area contributed by atoms with Gasteiger partial charge in [0, 0.05) is 31.6 Å². The van der Waals surface area contributed by atoms with Gasteiger partial charge in [-0.05, 0) is 61.1 Å². The lowest BCUT2D eigenvalue weighted by molar-refractivity contribution is -0.148. The van der Waals surface area contributed by atoms with Gasteiger partial charge in [-0.25, -0.2) is 9.59 Å². The first-order valence-corrected chi connectivity index (χ1v) is 16.0. The number of hydrogen-bond acceptors (Lipinski definition) is 6. The number of fused-ring (bicyclic) bond motifs is 2. The van der Waals surface area contributed by atoms with Crippen molar-refractivity contribution in [1.82, 2.24) is 0 Å². The lowest BCUT2D eigenvalue weighted by Gasteiger charge is -2.19. The molecule has 0 saturated carbocycles. The first-order valence-electron chi connectivity index (χ1n) is 15.2. The van der Waals surface area contributed by atoms with E-state index in [0.29, 0.717) is 68.1 Å². The Morgan fingerprint density at radius 3 is 1.43 bits per heavy atom. The Kier molecular flexibility index (Phi) is 14.0. The summed E-state index contributed by atoms with van der Waals surface area (Å²) in [6, 6.07) is 10.6. The second-order valence-corrected chi connectivity index (χ2v) is 11.7. The Balaban J connectivity index is 1.83. The molecular weight excluding hydrogens is 575 g/mol. The topological polar surface area (TPSA) is 71.1 Å². The van der Waals surface area contributed by atoms with Crippen LogP contribution in [-0.4, -0.2) is 38.4 Å². The molecule has 0 aliphatic rings. The molecule has 0 aromatic heterocycles. The maximum absolute atomic E-state index is 12.7. The monoisotopic (exact) mass is 618 g/mol. The molecule has 2 unspecified atom stereocenters. The number of ether oxygens (including phenoxy) is 4. The summed E-state index contributed by atoms with van der Waals surface area (Å²) in [6.07, 6.45) is 8.41. The number of benzene rings is 3. The van der Waals surface area contributed by atoms with Gasteiger partial charge in [0.1, 0.15) is 11.5 Å². The van der Waals surface area contributed by atoms with Crippen molar-refractivity contribution in [3.63, 3.8) is 0 Å². The van der Waals surface area contributed by atoms with Crippen LogP contribution in [0, 0.1) is 11.8 Å². The van der Waals surface area contributed by atoms with Gasteiger partial charge in [0.15, 0.2) is 13.2 Å². The molecule has 0 aliphatic heterocycles. The fourth-order valence-electron chi connectivity index (χ4n) is 4.97. The molecule has 0 spiro atoms. The van der Waals surface area contributed by atoms with E-state index in [4.69, 9.17) is 42.1 Å². The smallest absolute Gasteiger partial charge is 0.344 e. The molecule has 42 heavy (non-hydrogen) atoms. The maximum atomic E-state index is 12.7. The predicted octanol–water partition coefficient (Wildman–Crippen LogP) is 9.58. The second kappa shape index (κ2) is 17.4. The molecule has 6 nitrogen and oxygen atoms in total. The lowest BCUT2D eigenvalue weighted by Crippen LogP contribution is -2.20. The summed E-state index contributed by atoms with van der Waals surface area (Å²) in [6.45, 7) is 8.76. The van der Waals surface area contributed by atoms with E-state index in [-0.39, 0.29) is 13.2 Å². The van der Waals surface area contributed by atoms with Crippen molar-refractivity contribution in [1.29, 1.82) is 0 Å². The molecule has 0 N–H and O–H groups in total. The zero-order valence-corrected chi connectivity index (χ0v) is 26.8. The predicted molar refractivity (Wildman–Crippen MR) is 171 cm³/mol. The summed E-state index contributed by atoms with van der Waals surface area (Å²) in [7, 11) is 0. The van der Waals surface area contributed by atoms with Gasteiger partial charge in [-0.15, -0.1) is 0 Å². The standard InChI is InChI=1S/C34H44Cl2O6/c1-5-9-11-23(7-3)19-39-31(37)21-41-33-27-15-13-25(35)17-29(27)34(30-18-26(36)14-16-28(30)33)42-22-32(38)40-20-24(8-4)12-10-6-2/h13-18,23-24H,5-12,19-22H2,1-4H3. The molecule has 0 aliphatic carbocycles. The van der Waals surface area contributed by atoms with Gasteiger partial charge >= 0.3 is 11.9 Å². The second-order valence-electron chi connectivity index (χ2n) is 10.8. The number of unbranched alkanes of at least 4 members (excludes halogenated alkanes) is 2. The van der Waals surface area contributed by atoms with Crippen LogP contribution >= 0.6 is 23.2 Å². The van der Waals surface area contributed by atoms with Gasteiger partial charge < -0.3 is 18.9 Å².